The summed E-state index contributed by atoms with van der Waals surface area (Å²) in [6.07, 6.45) is 4.40. The molecule has 0 aromatic heterocycles. The van der Waals surface area contributed by atoms with Crippen LogP contribution >= 0.6 is 0 Å². The van der Waals surface area contributed by atoms with E-state index in [-0.39, 0.29) is 10.8 Å². The van der Waals surface area contributed by atoms with Crippen molar-refractivity contribution in [3.63, 3.8) is 0 Å². The second-order valence-corrected chi connectivity index (χ2v) is 4.82. The fourth-order valence-corrected chi connectivity index (χ4v) is 3.47. The lowest BCUT2D eigenvalue weighted by atomic mass is 9.72. The Morgan fingerprint density at radius 2 is 2.23 bits per heavy atom. The van der Waals surface area contributed by atoms with Crippen molar-refractivity contribution >= 4 is 5.71 Å². The van der Waals surface area contributed by atoms with Crippen molar-refractivity contribution in [2.75, 3.05) is 0 Å². The molecule has 0 aliphatic heterocycles. The zero-order valence-electron chi connectivity index (χ0n) is 7.91. The number of hydrogen-bond acceptors (Lipinski definition) is 2. The summed E-state index contributed by atoms with van der Waals surface area (Å²) < 4.78 is 0. The van der Waals surface area contributed by atoms with Gasteiger partial charge in [-0.05, 0) is 18.8 Å². The van der Waals surface area contributed by atoms with Crippen LogP contribution in [0.5, 0.6) is 0 Å². The summed E-state index contributed by atoms with van der Waals surface area (Å²) in [5, 5.41) is 12.5. The predicted molar refractivity (Wildman–Crippen MR) is 50.7 cm³/mol. The van der Waals surface area contributed by atoms with Crippen molar-refractivity contribution in [1.82, 2.24) is 0 Å². The van der Waals surface area contributed by atoms with Gasteiger partial charge in [0.2, 0.25) is 0 Å². The van der Waals surface area contributed by atoms with E-state index in [2.05, 4.69) is 37.7 Å². The topological polar surface area (TPSA) is 32.6 Å². The Balaban J connectivity index is 2.32. The van der Waals surface area contributed by atoms with E-state index in [0.717, 1.165) is 5.71 Å². The number of allylic oxidation sites excluding steroid dienone is 3. The molecular weight excluding hydrogens is 162 g/mol. The van der Waals surface area contributed by atoms with Crippen LogP contribution < -0.4 is 0 Å². The molecule has 4 unspecified atom stereocenters. The molecule has 2 fully saturated rings. The molecule has 0 amide bonds. The van der Waals surface area contributed by atoms with Crippen LogP contribution in [0.3, 0.4) is 0 Å². The lowest BCUT2D eigenvalue weighted by molar-refractivity contribution is 0.308. The Bertz CT molecular complexity index is 382. The first-order valence-corrected chi connectivity index (χ1v) is 4.68. The van der Waals surface area contributed by atoms with E-state index in [4.69, 9.17) is 5.21 Å². The first kappa shape index (κ1) is 7.36. The second-order valence-electron chi connectivity index (χ2n) is 4.82. The third-order valence-corrected chi connectivity index (χ3v) is 4.37. The van der Waals surface area contributed by atoms with Gasteiger partial charge in [0.15, 0.2) is 0 Å². The molecule has 2 saturated carbocycles. The molecule has 0 radical (unpaired) electrons. The SMILES string of the molecule is C=C1C2C3C=CC1(C)C(=NO)C32C. The van der Waals surface area contributed by atoms with E-state index in [1.807, 2.05) is 0 Å². The van der Waals surface area contributed by atoms with Gasteiger partial charge in [-0.1, -0.05) is 36.4 Å². The fraction of sp³-hybridized carbons (Fsp3) is 0.545. The van der Waals surface area contributed by atoms with Crippen molar-refractivity contribution in [2.45, 2.75) is 13.8 Å². The van der Waals surface area contributed by atoms with E-state index >= 15 is 0 Å². The Hall–Kier alpha value is -1.05. The van der Waals surface area contributed by atoms with Crippen LogP contribution in [-0.2, 0) is 0 Å². The Morgan fingerprint density at radius 1 is 1.54 bits per heavy atom. The quantitative estimate of drug-likeness (QED) is 0.342. The predicted octanol–water partition coefficient (Wildman–Crippen LogP) is 2.21. The lowest BCUT2D eigenvalue weighted by Crippen LogP contribution is -2.33. The van der Waals surface area contributed by atoms with Gasteiger partial charge in [-0.25, -0.2) is 0 Å². The largest absolute Gasteiger partial charge is 0.411 e. The smallest absolute Gasteiger partial charge is 0.0778 e. The van der Waals surface area contributed by atoms with Gasteiger partial charge in [-0.15, -0.1) is 0 Å². The van der Waals surface area contributed by atoms with Crippen LogP contribution in [0.15, 0.2) is 29.5 Å². The third kappa shape index (κ3) is 0.475. The zero-order chi connectivity index (χ0) is 9.43. The van der Waals surface area contributed by atoms with Gasteiger partial charge in [-0.3, -0.25) is 0 Å². The highest BCUT2D eigenvalue weighted by atomic mass is 16.4. The third-order valence-electron chi connectivity index (χ3n) is 4.37. The minimum Gasteiger partial charge on any atom is -0.411 e. The number of hydrogen-bond donors (Lipinski definition) is 1. The summed E-state index contributed by atoms with van der Waals surface area (Å²) in [5.74, 6) is 1.08. The Kier molecular flexibility index (Phi) is 0.912. The molecule has 4 aliphatic carbocycles. The normalized spacial score (nSPS) is 58.9. The van der Waals surface area contributed by atoms with Crippen molar-refractivity contribution in [2.24, 2.45) is 27.8 Å². The van der Waals surface area contributed by atoms with Gasteiger partial charge in [0, 0.05) is 10.8 Å². The van der Waals surface area contributed by atoms with Gasteiger partial charge in [0.1, 0.15) is 0 Å². The van der Waals surface area contributed by atoms with Crippen LogP contribution in [0, 0.1) is 22.7 Å². The molecule has 2 heteroatoms. The van der Waals surface area contributed by atoms with Crippen molar-refractivity contribution < 1.29 is 5.21 Å². The van der Waals surface area contributed by atoms with Gasteiger partial charge in [-0.2, -0.15) is 0 Å². The molecule has 1 N–H and O–H groups in total. The molecule has 0 aromatic carbocycles. The summed E-state index contributed by atoms with van der Waals surface area (Å²) in [7, 11) is 0. The molecule has 4 bridgehead atoms. The van der Waals surface area contributed by atoms with Crippen molar-refractivity contribution in [3.05, 3.63) is 24.3 Å². The summed E-state index contributed by atoms with van der Waals surface area (Å²) in [6.45, 7) is 8.40. The maximum Gasteiger partial charge on any atom is 0.0778 e. The molecular formula is C11H13NO. The average Bonchev–Trinajstić information content (AvgIpc) is 2.64. The fourth-order valence-electron chi connectivity index (χ4n) is 3.47. The minimum atomic E-state index is -0.164. The molecule has 4 atom stereocenters. The first-order chi connectivity index (χ1) is 6.06. The molecule has 68 valence electrons. The highest BCUT2D eigenvalue weighted by Crippen LogP contribution is 2.76. The average molecular weight is 175 g/mol. The summed E-state index contributed by atoms with van der Waals surface area (Å²) in [4.78, 5) is 0. The summed E-state index contributed by atoms with van der Waals surface area (Å²) in [6, 6.07) is 0. The van der Waals surface area contributed by atoms with Crippen LogP contribution in [0.2, 0.25) is 0 Å². The van der Waals surface area contributed by atoms with Gasteiger partial charge in [0.05, 0.1) is 5.71 Å². The van der Waals surface area contributed by atoms with Crippen molar-refractivity contribution in [1.29, 1.82) is 0 Å². The van der Waals surface area contributed by atoms with E-state index < -0.39 is 0 Å². The molecule has 0 heterocycles. The van der Waals surface area contributed by atoms with Gasteiger partial charge in [0.25, 0.3) is 0 Å². The summed E-state index contributed by atoms with van der Waals surface area (Å²) >= 11 is 0. The zero-order valence-corrected chi connectivity index (χ0v) is 7.91. The Labute approximate surface area is 77.6 Å². The first-order valence-electron chi connectivity index (χ1n) is 4.68. The van der Waals surface area contributed by atoms with Crippen molar-refractivity contribution in [3.8, 4) is 0 Å². The minimum absolute atomic E-state index is 0.0926. The maximum absolute atomic E-state index is 9.05. The molecule has 0 spiro atoms. The Morgan fingerprint density at radius 3 is 2.62 bits per heavy atom. The number of oxime groups is 1. The monoisotopic (exact) mass is 175 g/mol. The van der Waals surface area contributed by atoms with Crippen LogP contribution in [0.4, 0.5) is 0 Å². The lowest BCUT2D eigenvalue weighted by Gasteiger charge is -2.31. The van der Waals surface area contributed by atoms with Gasteiger partial charge >= 0.3 is 0 Å². The molecule has 4 aliphatic rings. The summed E-state index contributed by atoms with van der Waals surface area (Å²) in [5.41, 5.74) is 2.08. The number of rotatable bonds is 0. The molecule has 0 saturated heterocycles. The second kappa shape index (κ2) is 1.61. The van der Waals surface area contributed by atoms with Gasteiger partial charge < -0.3 is 5.21 Å². The standard InChI is InChI=1S/C11H13NO/c1-6-8-7-4-5-10(6,2)9(12-13)11(7,8)3/h4-5,7-8,13H,1H2,2-3H3. The van der Waals surface area contributed by atoms with Crippen LogP contribution in [0.25, 0.3) is 0 Å². The van der Waals surface area contributed by atoms with E-state index in [1.54, 1.807) is 0 Å². The molecule has 0 aromatic rings. The van der Waals surface area contributed by atoms with E-state index in [1.165, 1.54) is 5.57 Å². The molecule has 4 rings (SSSR count). The maximum atomic E-state index is 9.05. The molecule has 2 nitrogen and oxygen atoms in total. The number of nitrogens with zero attached hydrogens (tertiary/aromatic N) is 1. The van der Waals surface area contributed by atoms with E-state index in [9.17, 15) is 0 Å². The highest BCUT2D eigenvalue weighted by Gasteiger charge is 2.76. The van der Waals surface area contributed by atoms with E-state index in [0.29, 0.717) is 11.8 Å². The van der Waals surface area contributed by atoms with Crippen LogP contribution in [0.1, 0.15) is 13.8 Å². The highest BCUT2D eigenvalue weighted by molar-refractivity contribution is 6.07. The molecule has 13 heavy (non-hydrogen) atoms. The van der Waals surface area contributed by atoms with Crippen LogP contribution in [-0.4, -0.2) is 10.9 Å².